The molecular formula is C18H20N2O7. The highest BCUT2D eigenvalue weighted by molar-refractivity contribution is 5.91. The van der Waals surface area contributed by atoms with Crippen LogP contribution in [0.1, 0.15) is 48.9 Å². The van der Waals surface area contributed by atoms with E-state index in [4.69, 9.17) is 9.47 Å². The molecule has 1 spiro atoms. The number of nitro groups is 2. The van der Waals surface area contributed by atoms with E-state index in [1.807, 2.05) is 0 Å². The number of fused-ring (bicyclic) bond motifs is 3. The van der Waals surface area contributed by atoms with Gasteiger partial charge in [0, 0.05) is 18.7 Å². The standard InChI is InChI=1S/C18H20N2O7/c21-17(12-8-14(19(22)23)10-15(9-12)20(24)25)27-16-7-11-2-3-13(6-11)18(16)4-1-5-26-18/h8-11,13,16H,1-7H2/t11-,13-,16-,18-/m0/s1. The normalized spacial score (nSPS) is 31.8. The molecule has 144 valence electrons. The second kappa shape index (κ2) is 6.56. The summed E-state index contributed by atoms with van der Waals surface area (Å²) in [7, 11) is 0. The second-order valence-corrected chi connectivity index (χ2v) is 7.66. The van der Waals surface area contributed by atoms with Crippen LogP contribution in [-0.2, 0) is 9.47 Å². The second-order valence-electron chi connectivity index (χ2n) is 7.66. The van der Waals surface area contributed by atoms with Crippen LogP contribution in [0.3, 0.4) is 0 Å². The number of hydrogen-bond donors (Lipinski definition) is 0. The molecule has 2 saturated carbocycles. The van der Waals surface area contributed by atoms with Crippen LogP contribution in [-0.4, -0.2) is 34.1 Å². The molecule has 9 heteroatoms. The Labute approximate surface area is 154 Å². The zero-order chi connectivity index (χ0) is 19.2. The maximum absolute atomic E-state index is 12.7. The molecule has 4 rings (SSSR count). The Morgan fingerprint density at radius 3 is 2.41 bits per heavy atom. The molecule has 2 bridgehead atoms. The number of carbonyl (C=O) groups excluding carboxylic acids is 1. The maximum Gasteiger partial charge on any atom is 0.339 e. The van der Waals surface area contributed by atoms with E-state index in [9.17, 15) is 25.0 Å². The third-order valence-electron chi connectivity index (χ3n) is 6.22. The van der Waals surface area contributed by atoms with Gasteiger partial charge in [0.1, 0.15) is 11.7 Å². The first-order valence-electron chi connectivity index (χ1n) is 9.18. The van der Waals surface area contributed by atoms with Crippen molar-refractivity contribution in [2.75, 3.05) is 6.61 Å². The number of benzene rings is 1. The van der Waals surface area contributed by atoms with Gasteiger partial charge < -0.3 is 9.47 Å². The van der Waals surface area contributed by atoms with Crippen molar-refractivity contribution in [1.29, 1.82) is 0 Å². The molecule has 3 fully saturated rings. The summed E-state index contributed by atoms with van der Waals surface area (Å²) >= 11 is 0. The molecule has 0 N–H and O–H groups in total. The number of nitro benzene ring substituents is 2. The van der Waals surface area contributed by atoms with Crippen LogP contribution in [0.4, 0.5) is 11.4 Å². The van der Waals surface area contributed by atoms with E-state index >= 15 is 0 Å². The lowest BCUT2D eigenvalue weighted by molar-refractivity contribution is -0.394. The first kappa shape index (κ1) is 17.8. The summed E-state index contributed by atoms with van der Waals surface area (Å²) in [6, 6.07) is 2.88. The summed E-state index contributed by atoms with van der Waals surface area (Å²) in [6.45, 7) is 0.636. The molecule has 3 aliphatic rings. The maximum atomic E-state index is 12.7. The molecule has 1 aromatic carbocycles. The highest BCUT2D eigenvalue weighted by Gasteiger charge is 2.57. The van der Waals surface area contributed by atoms with Gasteiger partial charge in [-0.2, -0.15) is 0 Å². The Kier molecular flexibility index (Phi) is 4.33. The van der Waals surface area contributed by atoms with Crippen molar-refractivity contribution < 1.29 is 24.1 Å². The fraction of sp³-hybridized carbons (Fsp3) is 0.611. The van der Waals surface area contributed by atoms with Gasteiger partial charge in [-0.15, -0.1) is 0 Å². The molecule has 2 aliphatic carbocycles. The summed E-state index contributed by atoms with van der Waals surface area (Å²) in [5, 5.41) is 22.1. The number of nitrogens with zero attached hydrogens (tertiary/aromatic N) is 2. The van der Waals surface area contributed by atoms with Gasteiger partial charge in [-0.1, -0.05) is 0 Å². The van der Waals surface area contributed by atoms with Crippen molar-refractivity contribution in [3.8, 4) is 0 Å². The Morgan fingerprint density at radius 2 is 1.81 bits per heavy atom. The van der Waals surface area contributed by atoms with Gasteiger partial charge in [0.05, 0.1) is 21.5 Å². The van der Waals surface area contributed by atoms with Crippen LogP contribution in [0.5, 0.6) is 0 Å². The van der Waals surface area contributed by atoms with Gasteiger partial charge in [0.2, 0.25) is 0 Å². The summed E-state index contributed by atoms with van der Waals surface area (Å²) in [5.74, 6) is 0.0704. The molecule has 27 heavy (non-hydrogen) atoms. The van der Waals surface area contributed by atoms with Crippen LogP contribution in [0.2, 0.25) is 0 Å². The SMILES string of the molecule is O=C(O[C@H]1C[C@H]2CC[C@@H](C2)[C@@]12CCCO2)c1cc([N+](=O)[O-])cc([N+](=O)[O-])c1. The average Bonchev–Trinajstić information content (AvgIpc) is 3.27. The van der Waals surface area contributed by atoms with Gasteiger partial charge in [-0.05, 0) is 50.4 Å². The van der Waals surface area contributed by atoms with Crippen molar-refractivity contribution in [2.24, 2.45) is 11.8 Å². The van der Waals surface area contributed by atoms with Gasteiger partial charge >= 0.3 is 5.97 Å². The molecule has 1 saturated heterocycles. The zero-order valence-electron chi connectivity index (χ0n) is 14.7. The van der Waals surface area contributed by atoms with E-state index in [0.717, 1.165) is 50.3 Å². The van der Waals surface area contributed by atoms with Crippen molar-refractivity contribution in [3.05, 3.63) is 44.0 Å². The zero-order valence-corrected chi connectivity index (χ0v) is 14.7. The Balaban J connectivity index is 1.62. The summed E-state index contributed by atoms with van der Waals surface area (Å²) in [4.78, 5) is 33.3. The molecule has 4 atom stereocenters. The van der Waals surface area contributed by atoms with E-state index in [2.05, 4.69) is 0 Å². The minimum absolute atomic E-state index is 0.179. The summed E-state index contributed by atoms with van der Waals surface area (Å²) < 4.78 is 11.8. The molecule has 0 unspecified atom stereocenters. The number of hydrogen-bond acceptors (Lipinski definition) is 7. The lowest BCUT2D eigenvalue weighted by Gasteiger charge is -2.44. The van der Waals surface area contributed by atoms with Crippen molar-refractivity contribution in [1.82, 2.24) is 0 Å². The fourth-order valence-electron chi connectivity index (χ4n) is 5.03. The number of esters is 1. The van der Waals surface area contributed by atoms with Crippen LogP contribution in [0.25, 0.3) is 0 Å². The minimum Gasteiger partial charge on any atom is -0.456 e. The van der Waals surface area contributed by atoms with Crippen LogP contribution in [0, 0.1) is 32.1 Å². The van der Waals surface area contributed by atoms with E-state index in [0.29, 0.717) is 24.9 Å². The third kappa shape index (κ3) is 3.05. The van der Waals surface area contributed by atoms with E-state index < -0.39 is 38.9 Å². The van der Waals surface area contributed by atoms with Crippen LogP contribution >= 0.6 is 0 Å². The molecule has 1 heterocycles. The molecule has 1 aliphatic heterocycles. The minimum atomic E-state index is -0.775. The molecule has 0 radical (unpaired) electrons. The molecule has 9 nitrogen and oxygen atoms in total. The molecule has 0 amide bonds. The van der Waals surface area contributed by atoms with Gasteiger partial charge in [-0.3, -0.25) is 20.2 Å². The van der Waals surface area contributed by atoms with Gasteiger partial charge in [0.15, 0.2) is 0 Å². The Bertz CT molecular complexity index is 771. The molecule has 0 aromatic heterocycles. The monoisotopic (exact) mass is 376 g/mol. The number of carbonyl (C=O) groups is 1. The quantitative estimate of drug-likeness (QED) is 0.448. The lowest BCUT2D eigenvalue weighted by atomic mass is 9.72. The molecule has 1 aromatic rings. The van der Waals surface area contributed by atoms with E-state index in [1.54, 1.807) is 0 Å². The predicted octanol–water partition coefficient (Wildman–Crippen LogP) is 3.40. The van der Waals surface area contributed by atoms with E-state index in [1.165, 1.54) is 0 Å². The highest BCUT2D eigenvalue weighted by Crippen LogP contribution is 2.54. The smallest absolute Gasteiger partial charge is 0.339 e. The first-order valence-corrected chi connectivity index (χ1v) is 9.18. The fourth-order valence-corrected chi connectivity index (χ4v) is 5.03. The number of non-ortho nitro benzene ring substituents is 2. The number of ether oxygens (including phenoxy) is 2. The summed E-state index contributed by atoms with van der Waals surface area (Å²) in [6.07, 6.45) is 5.26. The van der Waals surface area contributed by atoms with Gasteiger partial charge in [-0.25, -0.2) is 4.79 Å². The van der Waals surface area contributed by atoms with Crippen LogP contribution in [0.15, 0.2) is 18.2 Å². The average molecular weight is 376 g/mol. The topological polar surface area (TPSA) is 122 Å². The Morgan fingerprint density at radius 1 is 1.11 bits per heavy atom. The molecular weight excluding hydrogens is 356 g/mol. The predicted molar refractivity (Wildman–Crippen MR) is 92.3 cm³/mol. The third-order valence-corrected chi connectivity index (χ3v) is 6.22. The first-order chi connectivity index (χ1) is 12.9. The van der Waals surface area contributed by atoms with Crippen molar-refractivity contribution >= 4 is 17.3 Å². The van der Waals surface area contributed by atoms with Crippen molar-refractivity contribution in [3.63, 3.8) is 0 Å². The Hall–Kier alpha value is -2.55. The van der Waals surface area contributed by atoms with Crippen LogP contribution < -0.4 is 0 Å². The van der Waals surface area contributed by atoms with Crippen molar-refractivity contribution in [2.45, 2.75) is 50.2 Å². The lowest BCUT2D eigenvalue weighted by Crippen LogP contribution is -2.52. The number of rotatable bonds is 4. The highest BCUT2D eigenvalue weighted by atomic mass is 16.6. The van der Waals surface area contributed by atoms with E-state index in [-0.39, 0.29) is 5.56 Å². The summed E-state index contributed by atoms with van der Waals surface area (Å²) in [5.41, 5.74) is -1.67. The van der Waals surface area contributed by atoms with Gasteiger partial charge in [0.25, 0.3) is 11.4 Å². The largest absolute Gasteiger partial charge is 0.456 e.